The van der Waals surface area contributed by atoms with E-state index in [4.69, 9.17) is 15.2 Å². The van der Waals surface area contributed by atoms with Crippen LogP contribution in [0.2, 0.25) is 0 Å². The predicted molar refractivity (Wildman–Crippen MR) is 90.9 cm³/mol. The number of nitrogens with zero attached hydrogens (tertiary/aromatic N) is 2. The second-order valence-corrected chi connectivity index (χ2v) is 5.84. The van der Waals surface area contributed by atoms with Crippen LogP contribution >= 0.6 is 0 Å². The Kier molecular flexibility index (Phi) is 5.32. The van der Waals surface area contributed by atoms with Crippen LogP contribution in [0, 0.1) is 0 Å². The maximum absolute atomic E-state index is 11.5. The van der Waals surface area contributed by atoms with Gasteiger partial charge < -0.3 is 25.1 Å². The van der Waals surface area contributed by atoms with Crippen LogP contribution in [0.5, 0.6) is 5.75 Å². The van der Waals surface area contributed by atoms with Gasteiger partial charge in [0.25, 0.3) is 5.91 Å². The highest BCUT2D eigenvalue weighted by molar-refractivity contribution is 5.79. The maximum Gasteiger partial charge on any atom is 0.257 e. The molecule has 1 saturated heterocycles. The Bertz CT molecular complexity index is 707. The first-order valence-corrected chi connectivity index (χ1v) is 8.41. The predicted octanol–water partition coefficient (Wildman–Crippen LogP) is 1.36. The van der Waals surface area contributed by atoms with E-state index in [1.54, 1.807) is 0 Å². The van der Waals surface area contributed by atoms with Gasteiger partial charge in [-0.1, -0.05) is 0 Å². The van der Waals surface area contributed by atoms with Crippen LogP contribution in [-0.2, 0) is 16.1 Å². The van der Waals surface area contributed by atoms with Crippen molar-refractivity contribution in [2.75, 3.05) is 26.4 Å². The van der Waals surface area contributed by atoms with E-state index < -0.39 is 0 Å². The van der Waals surface area contributed by atoms with E-state index in [0.29, 0.717) is 24.9 Å². The number of aromatic nitrogens is 2. The first kappa shape index (κ1) is 16.7. The van der Waals surface area contributed by atoms with E-state index in [0.717, 1.165) is 42.9 Å². The van der Waals surface area contributed by atoms with Gasteiger partial charge in [0, 0.05) is 31.9 Å². The first-order chi connectivity index (χ1) is 11.7. The SMILES string of the molecule is CCNC(=O)COc1ccc2c(c1)nc(CN)n2C1CCOCC1. The summed E-state index contributed by atoms with van der Waals surface area (Å²) in [5.41, 5.74) is 7.78. The van der Waals surface area contributed by atoms with E-state index in [9.17, 15) is 4.79 Å². The zero-order chi connectivity index (χ0) is 16.9. The molecule has 0 radical (unpaired) electrons. The van der Waals surface area contributed by atoms with Gasteiger partial charge in [-0.25, -0.2) is 4.98 Å². The second kappa shape index (κ2) is 7.63. The molecule has 1 aromatic heterocycles. The number of nitrogens with one attached hydrogen (secondary N) is 1. The minimum atomic E-state index is -0.132. The van der Waals surface area contributed by atoms with E-state index in [-0.39, 0.29) is 12.5 Å². The highest BCUT2D eigenvalue weighted by Gasteiger charge is 2.21. The average molecular weight is 332 g/mol. The number of ether oxygens (including phenoxy) is 2. The van der Waals surface area contributed by atoms with Gasteiger partial charge in [0.05, 0.1) is 17.6 Å². The van der Waals surface area contributed by atoms with Crippen LogP contribution in [0.3, 0.4) is 0 Å². The smallest absolute Gasteiger partial charge is 0.257 e. The fourth-order valence-electron chi connectivity index (χ4n) is 3.11. The third-order valence-corrected chi connectivity index (χ3v) is 4.22. The van der Waals surface area contributed by atoms with Crippen molar-refractivity contribution < 1.29 is 14.3 Å². The van der Waals surface area contributed by atoms with Crippen molar-refractivity contribution in [2.24, 2.45) is 5.73 Å². The number of nitrogens with two attached hydrogens (primary N) is 1. The van der Waals surface area contributed by atoms with Gasteiger partial charge in [0.1, 0.15) is 11.6 Å². The molecule has 7 heteroatoms. The van der Waals surface area contributed by atoms with Gasteiger partial charge in [-0.2, -0.15) is 0 Å². The number of imidazole rings is 1. The number of fused-ring (bicyclic) bond motifs is 1. The number of hydrogen-bond donors (Lipinski definition) is 2. The highest BCUT2D eigenvalue weighted by atomic mass is 16.5. The molecule has 0 aliphatic carbocycles. The van der Waals surface area contributed by atoms with Gasteiger partial charge in [-0.3, -0.25) is 4.79 Å². The Morgan fingerprint density at radius 1 is 1.46 bits per heavy atom. The molecule has 7 nitrogen and oxygen atoms in total. The highest BCUT2D eigenvalue weighted by Crippen LogP contribution is 2.29. The lowest BCUT2D eigenvalue weighted by molar-refractivity contribution is -0.122. The molecule has 0 unspecified atom stereocenters. The normalized spacial score (nSPS) is 15.6. The summed E-state index contributed by atoms with van der Waals surface area (Å²) < 4.78 is 13.2. The molecule has 130 valence electrons. The van der Waals surface area contributed by atoms with Crippen molar-refractivity contribution in [3.05, 3.63) is 24.0 Å². The van der Waals surface area contributed by atoms with Gasteiger partial charge in [0.2, 0.25) is 0 Å². The minimum absolute atomic E-state index is 0.00374. The topological polar surface area (TPSA) is 91.4 Å². The van der Waals surface area contributed by atoms with Crippen LogP contribution in [0.4, 0.5) is 0 Å². The standard InChI is InChI=1S/C17H24N4O3/c1-2-19-17(22)11-24-13-3-4-15-14(9-13)20-16(10-18)21(15)12-5-7-23-8-6-12/h3-4,9,12H,2,5-8,10-11,18H2,1H3,(H,19,22). The van der Waals surface area contributed by atoms with Gasteiger partial charge in [0.15, 0.2) is 6.61 Å². The summed E-state index contributed by atoms with van der Waals surface area (Å²) in [4.78, 5) is 16.2. The number of amides is 1. The number of benzene rings is 1. The molecule has 0 spiro atoms. The monoisotopic (exact) mass is 332 g/mol. The molecule has 3 N–H and O–H groups in total. The zero-order valence-electron chi connectivity index (χ0n) is 14.0. The minimum Gasteiger partial charge on any atom is -0.484 e. The Labute approximate surface area is 141 Å². The number of carbonyl (C=O) groups excluding carboxylic acids is 1. The van der Waals surface area contributed by atoms with E-state index >= 15 is 0 Å². The zero-order valence-corrected chi connectivity index (χ0v) is 14.0. The molecule has 0 bridgehead atoms. The summed E-state index contributed by atoms with van der Waals surface area (Å²) in [5, 5.41) is 2.71. The third-order valence-electron chi connectivity index (χ3n) is 4.22. The lowest BCUT2D eigenvalue weighted by Crippen LogP contribution is -2.28. The Hall–Kier alpha value is -2.12. The van der Waals surface area contributed by atoms with E-state index in [1.807, 2.05) is 25.1 Å². The molecule has 3 rings (SSSR count). The quantitative estimate of drug-likeness (QED) is 0.833. The average Bonchev–Trinajstić information content (AvgIpc) is 2.98. The molecule has 1 amide bonds. The molecule has 0 atom stereocenters. The number of likely N-dealkylation sites (N-methyl/N-ethyl adjacent to an activating group) is 1. The van der Waals surface area contributed by atoms with Gasteiger partial charge in [-0.15, -0.1) is 0 Å². The van der Waals surface area contributed by atoms with Crippen LogP contribution in [-0.4, -0.2) is 41.8 Å². The van der Waals surface area contributed by atoms with Crippen molar-refractivity contribution in [1.29, 1.82) is 0 Å². The summed E-state index contributed by atoms with van der Waals surface area (Å²) in [6.45, 7) is 4.40. The van der Waals surface area contributed by atoms with Crippen molar-refractivity contribution in [1.82, 2.24) is 14.9 Å². The third kappa shape index (κ3) is 3.52. The van der Waals surface area contributed by atoms with Crippen LogP contribution in [0.1, 0.15) is 31.6 Å². The Balaban J connectivity index is 1.84. The van der Waals surface area contributed by atoms with Gasteiger partial charge >= 0.3 is 0 Å². The molecule has 2 heterocycles. The van der Waals surface area contributed by atoms with Gasteiger partial charge in [-0.05, 0) is 31.9 Å². The molecule has 1 aliphatic heterocycles. The largest absolute Gasteiger partial charge is 0.484 e. The number of hydrogen-bond acceptors (Lipinski definition) is 5. The van der Waals surface area contributed by atoms with E-state index in [2.05, 4.69) is 14.9 Å². The van der Waals surface area contributed by atoms with E-state index in [1.165, 1.54) is 0 Å². The summed E-state index contributed by atoms with van der Waals surface area (Å²) in [7, 11) is 0. The molecule has 1 aromatic carbocycles. The summed E-state index contributed by atoms with van der Waals surface area (Å²) in [6, 6.07) is 6.09. The Morgan fingerprint density at radius 3 is 2.96 bits per heavy atom. The fourth-order valence-corrected chi connectivity index (χ4v) is 3.11. The van der Waals surface area contributed by atoms with Crippen molar-refractivity contribution in [3.63, 3.8) is 0 Å². The molecule has 24 heavy (non-hydrogen) atoms. The Morgan fingerprint density at radius 2 is 2.25 bits per heavy atom. The first-order valence-electron chi connectivity index (χ1n) is 8.41. The molecule has 2 aromatic rings. The molecule has 1 fully saturated rings. The second-order valence-electron chi connectivity index (χ2n) is 5.84. The van der Waals surface area contributed by atoms with Crippen molar-refractivity contribution in [2.45, 2.75) is 32.4 Å². The van der Waals surface area contributed by atoms with Crippen molar-refractivity contribution >= 4 is 16.9 Å². The molecular formula is C17H24N4O3. The summed E-state index contributed by atoms with van der Waals surface area (Å²) >= 11 is 0. The maximum atomic E-state index is 11.5. The van der Waals surface area contributed by atoms with Crippen molar-refractivity contribution in [3.8, 4) is 5.75 Å². The lowest BCUT2D eigenvalue weighted by Gasteiger charge is -2.25. The molecular weight excluding hydrogens is 308 g/mol. The van der Waals surface area contributed by atoms with Crippen LogP contribution in [0.25, 0.3) is 11.0 Å². The molecule has 1 aliphatic rings. The number of carbonyl (C=O) groups is 1. The number of rotatable bonds is 6. The molecule has 0 saturated carbocycles. The van der Waals surface area contributed by atoms with Crippen LogP contribution < -0.4 is 15.8 Å². The summed E-state index contributed by atoms with van der Waals surface area (Å²) in [5.74, 6) is 1.37. The fraction of sp³-hybridized carbons (Fsp3) is 0.529. The lowest BCUT2D eigenvalue weighted by atomic mass is 10.1. The van der Waals surface area contributed by atoms with Crippen LogP contribution in [0.15, 0.2) is 18.2 Å². The summed E-state index contributed by atoms with van der Waals surface area (Å²) in [6.07, 6.45) is 1.93.